The summed E-state index contributed by atoms with van der Waals surface area (Å²) in [4.78, 5) is 17.0. The number of aryl methyl sites for hydroxylation is 1. The van der Waals surface area contributed by atoms with Gasteiger partial charge in [0.2, 0.25) is 5.17 Å². The second-order valence-corrected chi connectivity index (χ2v) is 8.58. The van der Waals surface area contributed by atoms with E-state index in [0.717, 1.165) is 22.7 Å². The van der Waals surface area contributed by atoms with Crippen LogP contribution in [0.25, 0.3) is 11.8 Å². The first kappa shape index (κ1) is 21.7. The van der Waals surface area contributed by atoms with Crippen molar-refractivity contribution < 1.29 is 14.3 Å². The topological polar surface area (TPSA) is 92.3 Å². The van der Waals surface area contributed by atoms with E-state index >= 15 is 0 Å². The van der Waals surface area contributed by atoms with Gasteiger partial charge in [0.05, 0.1) is 18.4 Å². The smallest absolute Gasteiger partial charge is 0.283 e. The maximum absolute atomic E-state index is 12.8. The number of amidine groups is 2. The molecule has 5 rings (SSSR count). The Labute approximate surface area is 200 Å². The van der Waals surface area contributed by atoms with Gasteiger partial charge in [-0.1, -0.05) is 30.3 Å². The Morgan fingerprint density at radius 1 is 1.06 bits per heavy atom. The van der Waals surface area contributed by atoms with E-state index in [9.17, 15) is 4.79 Å². The molecule has 0 spiro atoms. The zero-order chi connectivity index (χ0) is 23.7. The second kappa shape index (κ2) is 9.03. The molecule has 1 amide bonds. The van der Waals surface area contributed by atoms with E-state index in [1.54, 1.807) is 13.2 Å². The quantitative estimate of drug-likeness (QED) is 0.535. The van der Waals surface area contributed by atoms with Gasteiger partial charge in [-0.15, -0.1) is 0 Å². The average molecular weight is 472 g/mol. The molecule has 2 aliphatic rings. The molecule has 9 heteroatoms. The maximum Gasteiger partial charge on any atom is 0.283 e. The van der Waals surface area contributed by atoms with Gasteiger partial charge in [-0.2, -0.15) is 15.1 Å². The molecule has 8 nitrogen and oxygen atoms in total. The number of hydrazone groups is 1. The molecule has 170 valence electrons. The zero-order valence-electron chi connectivity index (χ0n) is 18.6. The van der Waals surface area contributed by atoms with Gasteiger partial charge in [-0.3, -0.25) is 10.2 Å². The SMILES string of the molecule is COc1ccccc1-n1cccc1/C=C1/C(=N)N2N=C(COc3ccccc3C)SC2=NC1=O. The minimum Gasteiger partial charge on any atom is -0.495 e. The summed E-state index contributed by atoms with van der Waals surface area (Å²) in [7, 11) is 1.61. The number of carbonyl (C=O) groups excluding carboxylic acids is 1. The lowest BCUT2D eigenvalue weighted by Gasteiger charge is -2.20. The number of fused-ring (bicyclic) bond motifs is 1. The van der Waals surface area contributed by atoms with E-state index in [4.69, 9.17) is 14.9 Å². The molecule has 34 heavy (non-hydrogen) atoms. The van der Waals surface area contributed by atoms with Gasteiger partial charge in [0.15, 0.2) is 5.84 Å². The van der Waals surface area contributed by atoms with Crippen LogP contribution in [0.5, 0.6) is 11.5 Å². The Balaban J connectivity index is 1.40. The third-order valence-corrected chi connectivity index (χ3v) is 6.24. The molecule has 1 N–H and O–H groups in total. The number of rotatable bonds is 6. The highest BCUT2D eigenvalue weighted by Crippen LogP contribution is 2.30. The molecule has 3 heterocycles. The molecule has 0 atom stereocenters. The van der Waals surface area contributed by atoms with Crippen molar-refractivity contribution in [2.75, 3.05) is 13.7 Å². The molecule has 0 saturated heterocycles. The molecule has 3 aromatic rings. The van der Waals surface area contributed by atoms with E-state index in [-0.39, 0.29) is 18.0 Å². The standard InChI is InChI=1S/C25H21N5O3S/c1-16-8-3-5-11-20(16)33-15-22-28-30-23(26)18(24(31)27-25(30)34-22)14-17-9-7-13-29(17)19-10-4-6-12-21(19)32-2/h3-14,26H,15H2,1-2H3/b18-14-,26-23?. The van der Waals surface area contributed by atoms with Crippen LogP contribution in [0.15, 0.2) is 82.5 Å². The number of nitrogens with one attached hydrogen (secondary N) is 1. The van der Waals surface area contributed by atoms with Crippen molar-refractivity contribution in [2.24, 2.45) is 10.1 Å². The van der Waals surface area contributed by atoms with Crippen molar-refractivity contribution in [3.63, 3.8) is 0 Å². The summed E-state index contributed by atoms with van der Waals surface area (Å²) in [5.41, 5.74) is 2.72. The molecular formula is C25H21N5O3S. The fourth-order valence-electron chi connectivity index (χ4n) is 3.66. The number of aromatic nitrogens is 1. The van der Waals surface area contributed by atoms with E-state index < -0.39 is 5.91 Å². The van der Waals surface area contributed by atoms with Crippen LogP contribution in [0, 0.1) is 12.3 Å². The Kier molecular flexibility index (Phi) is 5.77. The van der Waals surface area contributed by atoms with Crippen LogP contribution in [0.1, 0.15) is 11.3 Å². The molecule has 0 unspecified atom stereocenters. The molecule has 2 aromatic carbocycles. The molecule has 0 bridgehead atoms. The van der Waals surface area contributed by atoms with Gasteiger partial charge in [-0.05, 0) is 60.7 Å². The summed E-state index contributed by atoms with van der Waals surface area (Å²) in [6.07, 6.45) is 3.53. The third kappa shape index (κ3) is 4.01. The lowest BCUT2D eigenvalue weighted by Crippen LogP contribution is -2.35. The van der Waals surface area contributed by atoms with Crippen molar-refractivity contribution in [3.8, 4) is 17.2 Å². The third-order valence-electron chi connectivity index (χ3n) is 5.36. The Hall–Kier alpha value is -4.11. The first-order valence-corrected chi connectivity index (χ1v) is 11.3. The van der Waals surface area contributed by atoms with Crippen LogP contribution >= 0.6 is 11.8 Å². The van der Waals surface area contributed by atoms with Crippen LogP contribution < -0.4 is 9.47 Å². The highest BCUT2D eigenvalue weighted by Gasteiger charge is 2.36. The lowest BCUT2D eigenvalue weighted by molar-refractivity contribution is -0.114. The van der Waals surface area contributed by atoms with Crippen molar-refractivity contribution in [2.45, 2.75) is 6.92 Å². The highest BCUT2D eigenvalue weighted by atomic mass is 32.2. The average Bonchev–Trinajstić information content (AvgIpc) is 3.48. The summed E-state index contributed by atoms with van der Waals surface area (Å²) in [5.74, 6) is 0.956. The van der Waals surface area contributed by atoms with Gasteiger partial charge >= 0.3 is 0 Å². The van der Waals surface area contributed by atoms with E-state index in [1.807, 2.05) is 78.4 Å². The van der Waals surface area contributed by atoms with E-state index in [1.165, 1.54) is 16.8 Å². The number of hydrogen-bond donors (Lipinski definition) is 1. The Morgan fingerprint density at radius 3 is 2.62 bits per heavy atom. The zero-order valence-corrected chi connectivity index (χ0v) is 19.4. The predicted molar refractivity (Wildman–Crippen MR) is 134 cm³/mol. The molecule has 0 saturated carbocycles. The summed E-state index contributed by atoms with van der Waals surface area (Å²) in [6.45, 7) is 2.20. The Morgan fingerprint density at radius 2 is 1.82 bits per heavy atom. The number of benzene rings is 2. The van der Waals surface area contributed by atoms with Crippen molar-refractivity contribution in [1.29, 1.82) is 5.41 Å². The summed E-state index contributed by atoms with van der Waals surface area (Å²) >= 11 is 1.23. The minimum atomic E-state index is -0.479. The number of methoxy groups -OCH3 is 1. The van der Waals surface area contributed by atoms with Gasteiger partial charge in [0, 0.05) is 11.9 Å². The predicted octanol–water partition coefficient (Wildman–Crippen LogP) is 4.49. The second-order valence-electron chi connectivity index (χ2n) is 7.54. The first-order chi connectivity index (χ1) is 16.5. The number of nitrogens with zero attached hydrogens (tertiary/aromatic N) is 4. The summed E-state index contributed by atoms with van der Waals surface area (Å²) in [5, 5.41) is 15.5. The fraction of sp³-hybridized carbons (Fsp3) is 0.120. The fourth-order valence-corrected chi connectivity index (χ4v) is 4.45. The number of hydrogen-bond acceptors (Lipinski definition) is 6. The van der Waals surface area contributed by atoms with Gasteiger partial charge < -0.3 is 14.0 Å². The number of carbonyl (C=O) groups is 1. The van der Waals surface area contributed by atoms with Crippen LogP contribution in [-0.2, 0) is 4.79 Å². The molecule has 1 aromatic heterocycles. The van der Waals surface area contributed by atoms with Crippen molar-refractivity contribution in [3.05, 3.63) is 83.7 Å². The number of ether oxygens (including phenoxy) is 2. The largest absolute Gasteiger partial charge is 0.495 e. The van der Waals surface area contributed by atoms with Gasteiger partial charge in [0.1, 0.15) is 23.1 Å². The van der Waals surface area contributed by atoms with Crippen LogP contribution in [-0.4, -0.2) is 45.2 Å². The minimum absolute atomic E-state index is 0.0267. The van der Waals surface area contributed by atoms with Crippen molar-refractivity contribution >= 4 is 39.8 Å². The molecule has 0 radical (unpaired) electrons. The van der Waals surface area contributed by atoms with E-state index in [0.29, 0.717) is 16.0 Å². The van der Waals surface area contributed by atoms with Crippen LogP contribution in [0.2, 0.25) is 0 Å². The monoisotopic (exact) mass is 471 g/mol. The van der Waals surface area contributed by atoms with E-state index in [2.05, 4.69) is 10.1 Å². The van der Waals surface area contributed by atoms with Gasteiger partial charge in [0.25, 0.3) is 5.91 Å². The normalized spacial score (nSPS) is 16.4. The summed E-state index contributed by atoms with van der Waals surface area (Å²) in [6, 6.07) is 19.1. The number of para-hydroxylation sites is 3. The number of aliphatic imine (C=N–C) groups is 1. The Bertz CT molecular complexity index is 1390. The first-order valence-electron chi connectivity index (χ1n) is 10.5. The molecular weight excluding hydrogens is 450 g/mol. The molecule has 0 fully saturated rings. The highest BCUT2D eigenvalue weighted by molar-refractivity contribution is 8.27. The molecule has 2 aliphatic heterocycles. The maximum atomic E-state index is 12.8. The van der Waals surface area contributed by atoms with Crippen molar-refractivity contribution in [1.82, 2.24) is 9.58 Å². The van der Waals surface area contributed by atoms with Gasteiger partial charge in [-0.25, -0.2) is 0 Å². The number of thioether (sulfide) groups is 1. The number of amides is 1. The lowest BCUT2D eigenvalue weighted by atomic mass is 10.1. The van der Waals surface area contributed by atoms with Crippen LogP contribution in [0.4, 0.5) is 0 Å². The molecule has 0 aliphatic carbocycles. The van der Waals surface area contributed by atoms with Crippen LogP contribution in [0.3, 0.4) is 0 Å². The summed E-state index contributed by atoms with van der Waals surface area (Å²) < 4.78 is 13.2.